The van der Waals surface area contributed by atoms with Gasteiger partial charge in [-0.15, -0.1) is 0 Å². The molecule has 18 heavy (non-hydrogen) atoms. The van der Waals surface area contributed by atoms with Crippen LogP contribution in [0.3, 0.4) is 0 Å². The van der Waals surface area contributed by atoms with Crippen molar-refractivity contribution in [2.24, 2.45) is 13.0 Å². The van der Waals surface area contributed by atoms with Crippen LogP contribution in [0, 0.1) is 5.92 Å². The first-order valence-corrected chi connectivity index (χ1v) is 5.72. The van der Waals surface area contributed by atoms with E-state index in [1.54, 1.807) is 7.11 Å². The van der Waals surface area contributed by atoms with Crippen molar-refractivity contribution in [3.8, 4) is 0 Å². The van der Waals surface area contributed by atoms with Crippen LogP contribution in [0.15, 0.2) is 9.59 Å². The molecule has 0 saturated heterocycles. The Morgan fingerprint density at radius 3 is 2.56 bits per heavy atom. The highest BCUT2D eigenvalue weighted by Gasteiger charge is 2.17. The number of rotatable bonds is 5. The molecule has 7 nitrogen and oxygen atoms in total. The second-order valence-electron chi connectivity index (χ2n) is 4.53. The van der Waals surface area contributed by atoms with E-state index in [1.165, 1.54) is 11.6 Å². The van der Waals surface area contributed by atoms with Gasteiger partial charge in [-0.1, -0.05) is 13.8 Å². The fourth-order valence-electron chi connectivity index (χ4n) is 1.54. The van der Waals surface area contributed by atoms with Gasteiger partial charge in [0.1, 0.15) is 11.5 Å². The van der Waals surface area contributed by atoms with Crippen molar-refractivity contribution in [3.05, 3.63) is 20.8 Å². The fourth-order valence-corrected chi connectivity index (χ4v) is 1.54. The van der Waals surface area contributed by atoms with Crippen LogP contribution in [0.2, 0.25) is 0 Å². The first-order valence-electron chi connectivity index (χ1n) is 5.72. The number of aromatic amines is 1. The van der Waals surface area contributed by atoms with Crippen LogP contribution < -0.4 is 22.3 Å². The van der Waals surface area contributed by atoms with Gasteiger partial charge in [0, 0.05) is 14.2 Å². The molecule has 1 atom stereocenters. The molecule has 1 aromatic rings. The molecule has 0 spiro atoms. The number of ether oxygens (including phenoxy) is 1. The lowest BCUT2D eigenvalue weighted by atomic mass is 10.1. The van der Waals surface area contributed by atoms with Gasteiger partial charge in [-0.25, -0.2) is 4.79 Å². The molecule has 1 aromatic heterocycles. The highest BCUT2D eigenvalue weighted by molar-refractivity contribution is 5.60. The van der Waals surface area contributed by atoms with E-state index in [9.17, 15) is 9.59 Å². The van der Waals surface area contributed by atoms with Crippen LogP contribution in [0.5, 0.6) is 0 Å². The maximum Gasteiger partial charge on any atom is 0.329 e. The average Bonchev–Trinajstić information content (AvgIpc) is 2.30. The summed E-state index contributed by atoms with van der Waals surface area (Å²) in [4.78, 5) is 25.3. The average molecular weight is 256 g/mol. The van der Waals surface area contributed by atoms with E-state index in [1.807, 2.05) is 13.8 Å². The molecule has 0 fully saturated rings. The number of hydrogen-bond donors (Lipinski definition) is 3. The third-order valence-electron chi connectivity index (χ3n) is 2.85. The third-order valence-corrected chi connectivity index (χ3v) is 2.85. The maximum absolute atomic E-state index is 11.7. The fraction of sp³-hybridized carbons (Fsp3) is 0.636. The quantitative estimate of drug-likeness (QED) is 0.673. The number of nitrogen functional groups attached to an aromatic ring is 1. The summed E-state index contributed by atoms with van der Waals surface area (Å²) < 4.78 is 6.28. The van der Waals surface area contributed by atoms with Crippen LogP contribution in [0.1, 0.15) is 13.8 Å². The van der Waals surface area contributed by atoms with Gasteiger partial charge in [-0.2, -0.15) is 0 Å². The van der Waals surface area contributed by atoms with Crippen molar-refractivity contribution in [2.75, 3.05) is 24.8 Å². The number of nitrogens with one attached hydrogen (secondary N) is 2. The Morgan fingerprint density at radius 1 is 1.44 bits per heavy atom. The van der Waals surface area contributed by atoms with Crippen molar-refractivity contribution in [1.82, 2.24) is 9.55 Å². The Balaban J connectivity index is 3.14. The Bertz CT molecular complexity index is 518. The summed E-state index contributed by atoms with van der Waals surface area (Å²) in [6.07, 6.45) is 0. The number of anilines is 2. The van der Waals surface area contributed by atoms with Gasteiger partial charge < -0.3 is 15.8 Å². The molecule has 0 amide bonds. The Hall–Kier alpha value is -1.76. The second-order valence-corrected chi connectivity index (χ2v) is 4.53. The van der Waals surface area contributed by atoms with Crippen molar-refractivity contribution in [1.29, 1.82) is 0 Å². The van der Waals surface area contributed by atoms with Gasteiger partial charge >= 0.3 is 5.69 Å². The number of nitrogens with zero attached hydrogens (tertiary/aromatic N) is 1. The standard InChI is InChI=1S/C11H20N4O3/c1-6(2)7(5-18-4)13-8-9(12)15(3)11(17)14-10(8)16/h6-7,13H,5,12H2,1-4H3,(H,14,16,17). The molecule has 0 aromatic carbocycles. The molecule has 7 heteroatoms. The highest BCUT2D eigenvalue weighted by Crippen LogP contribution is 2.14. The minimum atomic E-state index is -0.532. The number of nitrogens with two attached hydrogens (primary N) is 1. The number of aromatic nitrogens is 2. The van der Waals surface area contributed by atoms with Gasteiger partial charge in [0.15, 0.2) is 0 Å². The van der Waals surface area contributed by atoms with E-state index in [4.69, 9.17) is 10.5 Å². The monoisotopic (exact) mass is 256 g/mol. The summed E-state index contributed by atoms with van der Waals surface area (Å²) in [5.41, 5.74) is 4.92. The van der Waals surface area contributed by atoms with Gasteiger partial charge in [0.2, 0.25) is 0 Å². The van der Waals surface area contributed by atoms with E-state index in [2.05, 4.69) is 10.3 Å². The normalized spacial score (nSPS) is 12.7. The molecular formula is C11H20N4O3. The lowest BCUT2D eigenvalue weighted by molar-refractivity contribution is 0.171. The molecule has 0 radical (unpaired) electrons. The summed E-state index contributed by atoms with van der Waals surface area (Å²) >= 11 is 0. The zero-order valence-electron chi connectivity index (χ0n) is 11.1. The van der Waals surface area contributed by atoms with Gasteiger partial charge in [0.25, 0.3) is 5.56 Å². The Morgan fingerprint density at radius 2 is 2.06 bits per heavy atom. The first kappa shape index (κ1) is 14.3. The van der Waals surface area contributed by atoms with Gasteiger partial charge in [-0.05, 0) is 5.92 Å². The van der Waals surface area contributed by atoms with Crippen LogP contribution in [-0.2, 0) is 11.8 Å². The van der Waals surface area contributed by atoms with Crippen molar-refractivity contribution in [2.45, 2.75) is 19.9 Å². The summed E-state index contributed by atoms with van der Waals surface area (Å²) in [7, 11) is 3.09. The molecule has 0 saturated carbocycles. The molecule has 102 valence electrons. The number of hydrogen-bond acceptors (Lipinski definition) is 5. The van der Waals surface area contributed by atoms with Crippen molar-refractivity contribution in [3.63, 3.8) is 0 Å². The Kier molecular flexibility index (Phi) is 4.55. The zero-order valence-corrected chi connectivity index (χ0v) is 11.1. The minimum absolute atomic E-state index is 0.0593. The molecule has 4 N–H and O–H groups in total. The van der Waals surface area contributed by atoms with Gasteiger partial charge in [-0.3, -0.25) is 14.3 Å². The molecular weight excluding hydrogens is 236 g/mol. The second kappa shape index (κ2) is 5.72. The van der Waals surface area contributed by atoms with Crippen molar-refractivity contribution < 1.29 is 4.74 Å². The maximum atomic E-state index is 11.7. The number of H-pyrrole nitrogens is 1. The molecule has 0 bridgehead atoms. The molecule has 1 rings (SSSR count). The zero-order chi connectivity index (χ0) is 13.9. The number of methoxy groups -OCH3 is 1. The highest BCUT2D eigenvalue weighted by atomic mass is 16.5. The van der Waals surface area contributed by atoms with Crippen LogP contribution in [0.25, 0.3) is 0 Å². The summed E-state index contributed by atoms with van der Waals surface area (Å²) in [6.45, 7) is 4.45. The summed E-state index contributed by atoms with van der Waals surface area (Å²) in [5.74, 6) is 0.367. The van der Waals surface area contributed by atoms with E-state index in [0.717, 1.165) is 0 Å². The smallest absolute Gasteiger partial charge is 0.329 e. The molecule has 0 aliphatic heterocycles. The third kappa shape index (κ3) is 2.92. The topological polar surface area (TPSA) is 102 Å². The largest absolute Gasteiger partial charge is 0.383 e. The predicted molar refractivity (Wildman–Crippen MR) is 70.8 cm³/mol. The Labute approximate surface area is 105 Å². The van der Waals surface area contributed by atoms with Crippen molar-refractivity contribution >= 4 is 11.5 Å². The van der Waals surface area contributed by atoms with E-state index < -0.39 is 11.2 Å². The predicted octanol–water partition coefficient (Wildman–Crippen LogP) is -0.261. The van der Waals surface area contributed by atoms with Crippen LogP contribution >= 0.6 is 0 Å². The molecule has 1 unspecified atom stereocenters. The van der Waals surface area contributed by atoms with E-state index in [-0.39, 0.29) is 23.5 Å². The van der Waals surface area contributed by atoms with Crippen LogP contribution in [-0.4, -0.2) is 29.3 Å². The lowest BCUT2D eigenvalue weighted by Gasteiger charge is -2.23. The SMILES string of the molecule is COCC(Nc1c(N)n(C)c(=O)[nH]c1=O)C(C)C. The minimum Gasteiger partial charge on any atom is -0.383 e. The first-order chi connectivity index (χ1) is 8.38. The van der Waals surface area contributed by atoms with E-state index >= 15 is 0 Å². The van der Waals surface area contributed by atoms with Gasteiger partial charge in [0.05, 0.1) is 12.6 Å². The molecule has 1 heterocycles. The van der Waals surface area contributed by atoms with Crippen LogP contribution in [0.4, 0.5) is 11.5 Å². The molecule has 0 aliphatic rings. The molecule has 0 aliphatic carbocycles. The summed E-state index contributed by atoms with van der Waals surface area (Å²) in [6, 6.07) is -0.0593. The van der Waals surface area contributed by atoms with E-state index in [0.29, 0.717) is 6.61 Å². The summed E-state index contributed by atoms with van der Waals surface area (Å²) in [5, 5.41) is 3.03. The lowest BCUT2D eigenvalue weighted by Crippen LogP contribution is -2.37.